The van der Waals surface area contributed by atoms with Crippen molar-refractivity contribution in [2.24, 2.45) is 0 Å². The van der Waals surface area contributed by atoms with Gasteiger partial charge in [0.15, 0.2) is 0 Å². The summed E-state index contributed by atoms with van der Waals surface area (Å²) in [7, 11) is 0. The number of rotatable bonds is 1. The molecule has 0 saturated heterocycles. The van der Waals surface area contributed by atoms with Gasteiger partial charge in [0.05, 0.1) is 0 Å². The molecule has 1 aliphatic carbocycles. The number of nitrogens with one attached hydrogen (secondary N) is 2. The molecular formula is C32H24N2O4. The van der Waals surface area contributed by atoms with Gasteiger partial charge in [-0.05, 0) is 50.6 Å². The number of carbonyl (C=O) groups excluding carboxylic acids is 1. The van der Waals surface area contributed by atoms with Gasteiger partial charge >= 0.3 is 12.1 Å². The Kier molecular flexibility index (Phi) is 5.08. The van der Waals surface area contributed by atoms with Crippen molar-refractivity contribution in [3.05, 3.63) is 108 Å². The Morgan fingerprint density at radius 1 is 0.816 bits per heavy atom. The Hall–Kier alpha value is -4.84. The van der Waals surface area contributed by atoms with Crippen LogP contribution in [0, 0.1) is 0 Å². The second-order valence-electron chi connectivity index (χ2n) is 9.85. The summed E-state index contributed by atoms with van der Waals surface area (Å²) in [5, 5.41) is 13.6. The van der Waals surface area contributed by atoms with Crippen LogP contribution in [0.2, 0.25) is 0 Å². The van der Waals surface area contributed by atoms with E-state index in [9.17, 15) is 14.7 Å². The van der Waals surface area contributed by atoms with Crippen LogP contribution in [0.25, 0.3) is 44.4 Å². The van der Waals surface area contributed by atoms with Gasteiger partial charge in [0.2, 0.25) is 0 Å². The van der Waals surface area contributed by atoms with Crippen molar-refractivity contribution in [1.29, 1.82) is 0 Å². The van der Waals surface area contributed by atoms with E-state index in [1.165, 1.54) is 0 Å². The standard InChI is InChI=1S/C32H24N2O4/c35-31(36)28-16-25-23-8-3-4-11-27(23)33-30(25)19-14-12-18(13-15-19)20-9-5-10-24-21-6-1-2-7-22(21)26(29(20)24)17-38-32(37)34-28/h1-15,26,28,33H,16-17H2,(H,34,37)(H,35,36). The second kappa shape index (κ2) is 8.63. The minimum Gasteiger partial charge on any atom is -0.480 e. The van der Waals surface area contributed by atoms with Crippen LogP contribution in [0.1, 0.15) is 22.6 Å². The van der Waals surface area contributed by atoms with E-state index in [4.69, 9.17) is 4.74 Å². The first kappa shape index (κ1) is 22.4. The molecule has 2 bridgehead atoms. The Labute approximate surface area is 218 Å². The van der Waals surface area contributed by atoms with Crippen molar-refractivity contribution in [2.45, 2.75) is 18.4 Å². The quantitative estimate of drug-likeness (QED) is 0.250. The lowest BCUT2D eigenvalue weighted by Gasteiger charge is -2.19. The lowest BCUT2D eigenvalue weighted by molar-refractivity contribution is -0.139. The summed E-state index contributed by atoms with van der Waals surface area (Å²) in [6.45, 7) is 0.107. The number of carboxylic acid groups (broad SMARTS) is 1. The number of H-pyrrole nitrogens is 1. The van der Waals surface area contributed by atoms with Gasteiger partial charge in [0.1, 0.15) is 12.6 Å². The van der Waals surface area contributed by atoms with E-state index in [-0.39, 0.29) is 18.9 Å². The van der Waals surface area contributed by atoms with Crippen LogP contribution in [-0.4, -0.2) is 34.8 Å². The molecule has 3 aliphatic rings. The topological polar surface area (TPSA) is 91.4 Å². The predicted octanol–water partition coefficient (Wildman–Crippen LogP) is 6.35. The monoisotopic (exact) mass is 500 g/mol. The number of para-hydroxylation sites is 1. The molecule has 5 aromatic rings. The number of fused-ring (bicyclic) bond motifs is 10. The molecule has 4 aromatic carbocycles. The third-order valence-electron chi connectivity index (χ3n) is 7.76. The van der Waals surface area contributed by atoms with Crippen molar-refractivity contribution >= 4 is 23.0 Å². The minimum atomic E-state index is -1.15. The number of benzene rings is 4. The molecule has 38 heavy (non-hydrogen) atoms. The normalized spacial score (nSPS) is 17.9. The smallest absolute Gasteiger partial charge is 0.407 e. The van der Waals surface area contributed by atoms with Gasteiger partial charge in [-0.1, -0.05) is 84.9 Å². The van der Waals surface area contributed by atoms with Crippen molar-refractivity contribution in [2.75, 3.05) is 6.61 Å². The zero-order chi connectivity index (χ0) is 25.8. The Morgan fingerprint density at radius 3 is 2.37 bits per heavy atom. The highest BCUT2D eigenvalue weighted by atomic mass is 16.5. The van der Waals surface area contributed by atoms with Crippen LogP contribution in [0.4, 0.5) is 4.79 Å². The Morgan fingerprint density at radius 2 is 1.53 bits per heavy atom. The van der Waals surface area contributed by atoms with E-state index in [0.29, 0.717) is 0 Å². The van der Waals surface area contributed by atoms with Crippen molar-refractivity contribution in [1.82, 2.24) is 10.3 Å². The molecule has 0 spiro atoms. The average molecular weight is 501 g/mol. The highest BCUT2D eigenvalue weighted by molar-refractivity contribution is 5.93. The van der Waals surface area contributed by atoms with Gasteiger partial charge in [0, 0.05) is 28.9 Å². The number of carbonyl (C=O) groups is 2. The fraction of sp³-hybridized carbons (Fsp3) is 0.125. The molecule has 2 aliphatic heterocycles. The Bertz CT molecular complexity index is 1730. The van der Waals surface area contributed by atoms with Crippen LogP contribution in [0.5, 0.6) is 0 Å². The fourth-order valence-corrected chi connectivity index (χ4v) is 6.02. The average Bonchev–Trinajstić information content (AvgIpc) is 3.47. The highest BCUT2D eigenvalue weighted by Crippen LogP contribution is 2.49. The summed E-state index contributed by atoms with van der Waals surface area (Å²) in [5.74, 6) is -1.27. The van der Waals surface area contributed by atoms with Gasteiger partial charge in [-0.3, -0.25) is 0 Å². The second-order valence-corrected chi connectivity index (χ2v) is 9.85. The molecule has 186 valence electrons. The fourth-order valence-electron chi connectivity index (χ4n) is 6.02. The zero-order valence-electron chi connectivity index (χ0n) is 20.4. The van der Waals surface area contributed by atoms with Crippen LogP contribution >= 0.6 is 0 Å². The summed E-state index contributed by atoms with van der Waals surface area (Å²) in [6, 6.07) is 29.5. The molecule has 6 heteroatoms. The third kappa shape index (κ3) is 3.49. The number of aromatic nitrogens is 1. The SMILES string of the molecule is O=C1NC(C(=O)O)Cc2c([nH]c3ccccc23)-c2ccc(cc2)-c2cccc3c2C(CO1)c1ccccc1-3. The number of hydrogen-bond donors (Lipinski definition) is 3. The van der Waals surface area contributed by atoms with Gasteiger partial charge in [-0.15, -0.1) is 0 Å². The largest absolute Gasteiger partial charge is 0.480 e. The van der Waals surface area contributed by atoms with Gasteiger partial charge in [-0.2, -0.15) is 0 Å². The summed E-state index contributed by atoms with van der Waals surface area (Å²) >= 11 is 0. The molecule has 1 amide bonds. The maximum atomic E-state index is 13.0. The van der Waals surface area contributed by atoms with Crippen molar-refractivity contribution in [3.8, 4) is 33.5 Å². The Balaban J connectivity index is 1.44. The van der Waals surface area contributed by atoms with E-state index in [0.717, 1.165) is 61.1 Å². The van der Waals surface area contributed by atoms with Crippen molar-refractivity contribution < 1.29 is 19.4 Å². The molecule has 0 fully saturated rings. The maximum absolute atomic E-state index is 13.0. The van der Waals surface area contributed by atoms with E-state index >= 15 is 0 Å². The summed E-state index contributed by atoms with van der Waals surface area (Å²) in [6.07, 6.45) is -0.626. The molecule has 6 nitrogen and oxygen atoms in total. The number of aromatic amines is 1. The molecule has 1 aromatic heterocycles. The molecule has 0 saturated carbocycles. The minimum absolute atomic E-state index is 0.107. The highest BCUT2D eigenvalue weighted by Gasteiger charge is 2.33. The van der Waals surface area contributed by atoms with Crippen LogP contribution in [-0.2, 0) is 16.0 Å². The molecule has 2 atom stereocenters. The predicted molar refractivity (Wildman–Crippen MR) is 146 cm³/mol. The lowest BCUT2D eigenvalue weighted by atomic mass is 9.89. The summed E-state index contributed by atoms with van der Waals surface area (Å²) in [4.78, 5) is 28.7. The number of amides is 1. The number of carboxylic acids is 1. The zero-order valence-corrected chi connectivity index (χ0v) is 20.4. The number of alkyl carbamates (subject to hydrolysis) is 1. The van der Waals surface area contributed by atoms with Gasteiger partial charge in [0.25, 0.3) is 0 Å². The first-order valence-electron chi connectivity index (χ1n) is 12.7. The number of hydrogen-bond acceptors (Lipinski definition) is 3. The molecule has 3 N–H and O–H groups in total. The number of aliphatic carboxylic acids is 1. The third-order valence-corrected chi connectivity index (χ3v) is 7.76. The molecule has 3 heterocycles. The van der Waals surface area contributed by atoms with E-state index in [1.807, 2.05) is 36.4 Å². The van der Waals surface area contributed by atoms with Gasteiger partial charge < -0.3 is 20.1 Å². The van der Waals surface area contributed by atoms with E-state index < -0.39 is 18.1 Å². The van der Waals surface area contributed by atoms with Gasteiger partial charge in [-0.25, -0.2) is 9.59 Å². The first-order valence-corrected chi connectivity index (χ1v) is 12.7. The van der Waals surface area contributed by atoms with Crippen molar-refractivity contribution in [3.63, 3.8) is 0 Å². The van der Waals surface area contributed by atoms with Crippen LogP contribution < -0.4 is 5.32 Å². The first-order chi connectivity index (χ1) is 18.6. The summed E-state index contributed by atoms with van der Waals surface area (Å²) in [5.41, 5.74) is 10.2. The molecule has 8 rings (SSSR count). The molecule has 0 radical (unpaired) electrons. The van der Waals surface area contributed by atoms with E-state index in [1.54, 1.807) is 0 Å². The molecule has 2 unspecified atom stereocenters. The maximum Gasteiger partial charge on any atom is 0.407 e. The van der Waals surface area contributed by atoms with E-state index in [2.05, 4.69) is 64.9 Å². The summed E-state index contributed by atoms with van der Waals surface area (Å²) < 4.78 is 5.71. The lowest BCUT2D eigenvalue weighted by Crippen LogP contribution is -2.43. The van der Waals surface area contributed by atoms with Crippen LogP contribution in [0.3, 0.4) is 0 Å². The van der Waals surface area contributed by atoms with Crippen LogP contribution in [0.15, 0.2) is 91.0 Å². The number of ether oxygens (including phenoxy) is 1. The molecular weight excluding hydrogens is 476 g/mol.